The molecular formula is C16H15N3O2. The maximum absolute atomic E-state index is 9.22. The number of nitrogens with zero attached hydrogens (tertiary/aromatic N) is 2. The summed E-state index contributed by atoms with van der Waals surface area (Å²) in [5, 5.41) is 20.5. The molecule has 0 radical (unpaired) electrons. The molecule has 0 fully saturated rings. The first-order chi connectivity index (χ1) is 10.3. The normalized spacial score (nSPS) is 10.7. The minimum absolute atomic E-state index is 0.267. The Bertz CT molecular complexity index is 693. The molecule has 0 spiro atoms. The number of benzene rings is 2. The Balaban J connectivity index is 1.57. The first kappa shape index (κ1) is 13.3. The summed E-state index contributed by atoms with van der Waals surface area (Å²) in [6.45, 7) is 1.17. The predicted molar refractivity (Wildman–Crippen MR) is 78.4 cm³/mol. The number of phenolic OH excluding ortho intramolecular Hbond substituents is 1. The Morgan fingerprint density at radius 3 is 2.43 bits per heavy atom. The lowest BCUT2D eigenvalue weighted by Gasteiger charge is -2.02. The van der Waals surface area contributed by atoms with Crippen molar-refractivity contribution >= 4 is 0 Å². The predicted octanol–water partition coefficient (Wildman–Crippen LogP) is 2.73. The van der Waals surface area contributed by atoms with E-state index in [9.17, 15) is 5.11 Å². The molecule has 0 aliphatic rings. The second-order valence-corrected chi connectivity index (χ2v) is 4.64. The molecule has 0 aliphatic carbocycles. The molecule has 0 amide bonds. The highest BCUT2D eigenvalue weighted by Crippen LogP contribution is 2.16. The standard InChI is InChI=1S/C16H15N3O2/c20-14-8-6-12(7-9-14)10-17-11-15-18-19-16(21-15)13-4-2-1-3-5-13/h1-9,17,20H,10-11H2. The Kier molecular flexibility index (Phi) is 3.93. The third-order valence-electron chi connectivity index (χ3n) is 3.03. The second-order valence-electron chi connectivity index (χ2n) is 4.64. The van der Waals surface area contributed by atoms with Gasteiger partial charge in [0.1, 0.15) is 5.75 Å². The summed E-state index contributed by atoms with van der Waals surface area (Å²) in [6.07, 6.45) is 0. The molecule has 2 N–H and O–H groups in total. The molecule has 106 valence electrons. The van der Waals surface area contributed by atoms with E-state index in [1.807, 2.05) is 42.5 Å². The van der Waals surface area contributed by atoms with Crippen LogP contribution in [0.3, 0.4) is 0 Å². The quantitative estimate of drug-likeness (QED) is 0.752. The molecule has 0 atom stereocenters. The van der Waals surface area contributed by atoms with E-state index in [0.29, 0.717) is 24.9 Å². The van der Waals surface area contributed by atoms with Crippen molar-refractivity contribution in [3.8, 4) is 17.2 Å². The molecule has 0 saturated carbocycles. The largest absolute Gasteiger partial charge is 0.508 e. The van der Waals surface area contributed by atoms with E-state index in [2.05, 4.69) is 15.5 Å². The van der Waals surface area contributed by atoms with E-state index in [0.717, 1.165) is 11.1 Å². The highest BCUT2D eigenvalue weighted by Gasteiger charge is 2.07. The molecule has 1 aromatic heterocycles. The van der Waals surface area contributed by atoms with Gasteiger partial charge in [-0.3, -0.25) is 0 Å². The first-order valence-electron chi connectivity index (χ1n) is 6.68. The van der Waals surface area contributed by atoms with Gasteiger partial charge in [0.15, 0.2) is 0 Å². The van der Waals surface area contributed by atoms with E-state index in [-0.39, 0.29) is 5.75 Å². The monoisotopic (exact) mass is 281 g/mol. The van der Waals surface area contributed by atoms with Gasteiger partial charge in [-0.1, -0.05) is 30.3 Å². The minimum Gasteiger partial charge on any atom is -0.508 e. The molecule has 0 saturated heterocycles. The van der Waals surface area contributed by atoms with Gasteiger partial charge in [-0.25, -0.2) is 0 Å². The van der Waals surface area contributed by atoms with Crippen molar-refractivity contribution < 1.29 is 9.52 Å². The van der Waals surface area contributed by atoms with Gasteiger partial charge in [0.2, 0.25) is 11.8 Å². The van der Waals surface area contributed by atoms with Crippen LogP contribution in [0.1, 0.15) is 11.5 Å². The number of aromatic nitrogens is 2. The zero-order chi connectivity index (χ0) is 14.5. The molecular weight excluding hydrogens is 266 g/mol. The van der Waals surface area contributed by atoms with Crippen LogP contribution in [0.2, 0.25) is 0 Å². The third kappa shape index (κ3) is 3.46. The Labute approximate surface area is 122 Å². The molecule has 3 aromatic rings. The Morgan fingerprint density at radius 2 is 1.67 bits per heavy atom. The van der Waals surface area contributed by atoms with Gasteiger partial charge in [-0.15, -0.1) is 10.2 Å². The third-order valence-corrected chi connectivity index (χ3v) is 3.03. The van der Waals surface area contributed by atoms with E-state index < -0.39 is 0 Å². The van der Waals surface area contributed by atoms with Gasteiger partial charge in [-0.05, 0) is 29.8 Å². The van der Waals surface area contributed by atoms with Crippen LogP contribution in [0.4, 0.5) is 0 Å². The lowest BCUT2D eigenvalue weighted by Crippen LogP contribution is -2.12. The molecule has 1 heterocycles. The number of rotatable bonds is 5. The number of hydrogen-bond acceptors (Lipinski definition) is 5. The molecule has 0 aliphatic heterocycles. The highest BCUT2D eigenvalue weighted by atomic mass is 16.4. The summed E-state index contributed by atoms with van der Waals surface area (Å²) < 4.78 is 5.60. The van der Waals surface area contributed by atoms with Crippen LogP contribution < -0.4 is 5.32 Å². The SMILES string of the molecule is Oc1ccc(CNCc2nnc(-c3ccccc3)o2)cc1. The smallest absolute Gasteiger partial charge is 0.247 e. The molecule has 0 unspecified atom stereocenters. The van der Waals surface area contributed by atoms with Gasteiger partial charge in [0.25, 0.3) is 0 Å². The van der Waals surface area contributed by atoms with Crippen molar-refractivity contribution in [2.45, 2.75) is 13.1 Å². The summed E-state index contributed by atoms with van der Waals surface area (Å²) in [5.74, 6) is 1.34. The molecule has 5 nitrogen and oxygen atoms in total. The van der Waals surface area contributed by atoms with Gasteiger partial charge in [0, 0.05) is 12.1 Å². The zero-order valence-corrected chi connectivity index (χ0v) is 11.4. The number of aromatic hydroxyl groups is 1. The van der Waals surface area contributed by atoms with Crippen LogP contribution in [0.25, 0.3) is 11.5 Å². The fraction of sp³-hybridized carbons (Fsp3) is 0.125. The average Bonchev–Trinajstić information content (AvgIpc) is 2.99. The van der Waals surface area contributed by atoms with Gasteiger partial charge >= 0.3 is 0 Å². The highest BCUT2D eigenvalue weighted by molar-refractivity contribution is 5.51. The van der Waals surface area contributed by atoms with Crippen LogP contribution in [-0.2, 0) is 13.1 Å². The second kappa shape index (κ2) is 6.19. The summed E-state index contributed by atoms with van der Waals surface area (Å²) in [7, 11) is 0. The van der Waals surface area contributed by atoms with Crippen molar-refractivity contribution in [2.75, 3.05) is 0 Å². The van der Waals surface area contributed by atoms with Gasteiger partial charge < -0.3 is 14.8 Å². The summed E-state index contributed by atoms with van der Waals surface area (Å²) >= 11 is 0. The molecule has 5 heteroatoms. The molecule has 2 aromatic carbocycles. The molecule has 21 heavy (non-hydrogen) atoms. The topological polar surface area (TPSA) is 71.2 Å². The Hall–Kier alpha value is -2.66. The summed E-state index contributed by atoms with van der Waals surface area (Å²) in [6, 6.07) is 16.7. The maximum Gasteiger partial charge on any atom is 0.247 e. The zero-order valence-electron chi connectivity index (χ0n) is 11.4. The molecule has 0 bridgehead atoms. The lowest BCUT2D eigenvalue weighted by atomic mass is 10.2. The van der Waals surface area contributed by atoms with Crippen molar-refractivity contribution in [3.63, 3.8) is 0 Å². The lowest BCUT2D eigenvalue weighted by molar-refractivity contribution is 0.472. The van der Waals surface area contributed by atoms with Gasteiger partial charge in [0.05, 0.1) is 6.54 Å². The molecule has 3 rings (SSSR count). The van der Waals surface area contributed by atoms with Crippen molar-refractivity contribution in [1.82, 2.24) is 15.5 Å². The maximum atomic E-state index is 9.22. The number of hydrogen-bond donors (Lipinski definition) is 2. The minimum atomic E-state index is 0.267. The number of phenols is 1. The van der Waals surface area contributed by atoms with Crippen molar-refractivity contribution in [3.05, 3.63) is 66.1 Å². The Morgan fingerprint density at radius 1 is 0.905 bits per heavy atom. The fourth-order valence-electron chi connectivity index (χ4n) is 1.95. The van der Waals surface area contributed by atoms with E-state index in [4.69, 9.17) is 4.42 Å². The van der Waals surface area contributed by atoms with E-state index in [1.54, 1.807) is 12.1 Å². The first-order valence-corrected chi connectivity index (χ1v) is 6.68. The summed E-state index contributed by atoms with van der Waals surface area (Å²) in [5.41, 5.74) is 1.99. The van der Waals surface area contributed by atoms with Crippen LogP contribution in [0.15, 0.2) is 59.0 Å². The van der Waals surface area contributed by atoms with Crippen LogP contribution in [0, 0.1) is 0 Å². The summed E-state index contributed by atoms with van der Waals surface area (Å²) in [4.78, 5) is 0. The van der Waals surface area contributed by atoms with Crippen LogP contribution >= 0.6 is 0 Å². The van der Waals surface area contributed by atoms with E-state index >= 15 is 0 Å². The van der Waals surface area contributed by atoms with Crippen LogP contribution in [-0.4, -0.2) is 15.3 Å². The van der Waals surface area contributed by atoms with Crippen molar-refractivity contribution in [1.29, 1.82) is 0 Å². The van der Waals surface area contributed by atoms with Gasteiger partial charge in [-0.2, -0.15) is 0 Å². The average molecular weight is 281 g/mol. The van der Waals surface area contributed by atoms with E-state index in [1.165, 1.54) is 0 Å². The fourth-order valence-corrected chi connectivity index (χ4v) is 1.95. The van der Waals surface area contributed by atoms with Crippen molar-refractivity contribution in [2.24, 2.45) is 0 Å². The van der Waals surface area contributed by atoms with Crippen LogP contribution in [0.5, 0.6) is 5.75 Å². The number of nitrogens with one attached hydrogen (secondary N) is 1.